The number of piperidine rings is 1. The number of carbonyl (C=O) groups excluding carboxylic acids is 1. The number of amides is 1. The number of hydrogen-bond donors (Lipinski definition) is 0. The quantitative estimate of drug-likeness (QED) is 0.771. The molecule has 0 radical (unpaired) electrons. The van der Waals surface area contributed by atoms with Gasteiger partial charge in [0.1, 0.15) is 23.4 Å². The van der Waals surface area contributed by atoms with Crippen molar-refractivity contribution in [2.75, 3.05) is 19.7 Å². The third kappa shape index (κ3) is 4.29. The van der Waals surface area contributed by atoms with Crippen LogP contribution in [-0.4, -0.2) is 52.0 Å². The highest BCUT2D eigenvalue weighted by Crippen LogP contribution is 2.36. The van der Waals surface area contributed by atoms with Crippen LogP contribution in [0.25, 0.3) is 0 Å². The number of aryl methyl sites for hydroxylation is 2. The van der Waals surface area contributed by atoms with Gasteiger partial charge in [0.2, 0.25) is 0 Å². The highest BCUT2D eigenvalue weighted by molar-refractivity contribution is 5.92. The van der Waals surface area contributed by atoms with Crippen molar-refractivity contribution in [3.8, 4) is 5.75 Å². The van der Waals surface area contributed by atoms with Crippen molar-refractivity contribution in [3.63, 3.8) is 0 Å². The van der Waals surface area contributed by atoms with Gasteiger partial charge >= 0.3 is 0 Å². The van der Waals surface area contributed by atoms with Crippen molar-refractivity contribution >= 4 is 5.91 Å². The Bertz CT molecular complexity index is 884. The van der Waals surface area contributed by atoms with E-state index in [2.05, 4.69) is 12.0 Å². The molecule has 3 heterocycles. The van der Waals surface area contributed by atoms with Crippen LogP contribution >= 0.6 is 0 Å². The average molecular weight is 401 g/mol. The van der Waals surface area contributed by atoms with Crippen LogP contribution in [0.2, 0.25) is 0 Å². The van der Waals surface area contributed by atoms with Crippen molar-refractivity contribution in [1.82, 2.24) is 14.7 Å². The van der Waals surface area contributed by atoms with Gasteiger partial charge in [-0.15, -0.1) is 0 Å². The minimum atomic E-state index is -0.392. The molecule has 1 spiro atoms. The Hall–Kier alpha value is -2.41. The molecule has 0 saturated carbocycles. The van der Waals surface area contributed by atoms with E-state index in [1.165, 1.54) is 12.1 Å². The number of halogens is 1. The maximum atomic E-state index is 13.4. The van der Waals surface area contributed by atoms with E-state index in [4.69, 9.17) is 9.47 Å². The Morgan fingerprint density at radius 2 is 2.28 bits per heavy atom. The number of aromatic nitrogens is 2. The van der Waals surface area contributed by atoms with Crippen molar-refractivity contribution in [3.05, 3.63) is 47.5 Å². The number of benzene rings is 1. The van der Waals surface area contributed by atoms with Crippen LogP contribution in [0.3, 0.4) is 0 Å². The molecule has 1 aromatic heterocycles. The van der Waals surface area contributed by atoms with Crippen LogP contribution in [0, 0.1) is 5.82 Å². The molecule has 29 heavy (non-hydrogen) atoms. The Morgan fingerprint density at radius 3 is 3.07 bits per heavy atom. The first kappa shape index (κ1) is 19.9. The highest BCUT2D eigenvalue weighted by Gasteiger charge is 2.45. The van der Waals surface area contributed by atoms with Gasteiger partial charge in [0.25, 0.3) is 5.91 Å². The van der Waals surface area contributed by atoms with Gasteiger partial charge in [0.05, 0.1) is 24.4 Å². The minimum absolute atomic E-state index is 0.000438. The second-order valence-corrected chi connectivity index (χ2v) is 8.12. The molecule has 2 atom stereocenters. The summed E-state index contributed by atoms with van der Waals surface area (Å²) in [6.45, 7) is 3.81. The van der Waals surface area contributed by atoms with Crippen LogP contribution in [0.4, 0.5) is 4.39 Å². The van der Waals surface area contributed by atoms with E-state index in [0.717, 1.165) is 31.4 Å². The van der Waals surface area contributed by atoms with Crippen LogP contribution in [0.5, 0.6) is 5.75 Å². The van der Waals surface area contributed by atoms with E-state index in [-0.39, 0.29) is 17.8 Å². The van der Waals surface area contributed by atoms with E-state index in [0.29, 0.717) is 37.6 Å². The fourth-order valence-corrected chi connectivity index (χ4v) is 4.43. The number of hydrogen-bond acceptors (Lipinski definition) is 4. The first-order chi connectivity index (χ1) is 14.0. The van der Waals surface area contributed by atoms with Gasteiger partial charge in [-0.2, -0.15) is 5.10 Å². The average Bonchev–Trinajstić information content (AvgIpc) is 3.24. The van der Waals surface area contributed by atoms with Gasteiger partial charge in [0, 0.05) is 26.1 Å². The first-order valence-corrected chi connectivity index (χ1v) is 10.4. The Labute approximate surface area is 170 Å². The lowest BCUT2D eigenvalue weighted by Crippen LogP contribution is -2.50. The maximum Gasteiger partial charge on any atom is 0.272 e. The molecule has 7 heteroatoms. The first-order valence-electron chi connectivity index (χ1n) is 10.4. The van der Waals surface area contributed by atoms with Crippen LogP contribution in [0.1, 0.15) is 48.8 Å². The monoisotopic (exact) mass is 401 g/mol. The summed E-state index contributed by atoms with van der Waals surface area (Å²) in [6.07, 6.45) is 4.20. The SMILES string of the molecule is CCCc1cc(C(=O)N2CCC[C@@]3(C[C@@H](Oc4cccc(F)c4)CO3)C2)n(C)n1. The van der Waals surface area contributed by atoms with Gasteiger partial charge in [0.15, 0.2) is 0 Å². The van der Waals surface area contributed by atoms with Gasteiger partial charge in [-0.25, -0.2) is 4.39 Å². The predicted molar refractivity (Wildman–Crippen MR) is 106 cm³/mol. The number of carbonyl (C=O) groups is 1. The second kappa shape index (κ2) is 8.14. The maximum absolute atomic E-state index is 13.4. The van der Waals surface area contributed by atoms with E-state index in [1.54, 1.807) is 16.8 Å². The molecule has 2 saturated heterocycles. The minimum Gasteiger partial charge on any atom is -0.488 e. The van der Waals surface area contributed by atoms with Crippen molar-refractivity contribution in [2.24, 2.45) is 7.05 Å². The highest BCUT2D eigenvalue weighted by atomic mass is 19.1. The molecule has 2 fully saturated rings. The zero-order valence-electron chi connectivity index (χ0n) is 17.1. The molecule has 156 valence electrons. The molecule has 2 aliphatic rings. The van der Waals surface area contributed by atoms with Gasteiger partial charge in [-0.3, -0.25) is 9.48 Å². The molecule has 6 nitrogen and oxygen atoms in total. The molecule has 1 aromatic carbocycles. The summed E-state index contributed by atoms with van der Waals surface area (Å²) in [4.78, 5) is 15.0. The van der Waals surface area contributed by atoms with Gasteiger partial charge < -0.3 is 14.4 Å². The molecule has 2 aromatic rings. The summed E-state index contributed by atoms with van der Waals surface area (Å²) < 4.78 is 27.2. The van der Waals surface area contributed by atoms with Gasteiger partial charge in [-0.05, 0) is 37.5 Å². The molecule has 4 rings (SSSR count). The lowest BCUT2D eigenvalue weighted by atomic mass is 9.89. The topological polar surface area (TPSA) is 56.6 Å². The fourth-order valence-electron chi connectivity index (χ4n) is 4.43. The van der Waals surface area contributed by atoms with E-state index >= 15 is 0 Å². The summed E-state index contributed by atoms with van der Waals surface area (Å²) in [5.41, 5.74) is 1.18. The number of rotatable bonds is 5. The molecule has 0 N–H and O–H groups in total. The Kier molecular flexibility index (Phi) is 5.58. The molecule has 1 amide bonds. The number of likely N-dealkylation sites (tertiary alicyclic amines) is 1. The fraction of sp³-hybridized carbons (Fsp3) is 0.545. The third-order valence-corrected chi connectivity index (χ3v) is 5.76. The van der Waals surface area contributed by atoms with Crippen LogP contribution in [0.15, 0.2) is 30.3 Å². The lowest BCUT2D eigenvalue weighted by molar-refractivity contribution is -0.0455. The van der Waals surface area contributed by atoms with E-state index in [9.17, 15) is 9.18 Å². The third-order valence-electron chi connectivity index (χ3n) is 5.76. The normalized spacial score (nSPS) is 24.2. The molecule has 0 bridgehead atoms. The lowest BCUT2D eigenvalue weighted by Gasteiger charge is -2.39. The number of nitrogens with zero attached hydrogens (tertiary/aromatic N) is 3. The molecular formula is C22H28FN3O3. The largest absolute Gasteiger partial charge is 0.488 e. The number of ether oxygens (including phenoxy) is 2. The summed E-state index contributed by atoms with van der Waals surface area (Å²) in [5, 5.41) is 4.46. The summed E-state index contributed by atoms with van der Waals surface area (Å²) >= 11 is 0. The summed E-state index contributed by atoms with van der Waals surface area (Å²) in [6, 6.07) is 8.07. The van der Waals surface area contributed by atoms with Crippen molar-refractivity contribution in [1.29, 1.82) is 0 Å². The van der Waals surface area contributed by atoms with E-state index < -0.39 is 5.60 Å². The van der Waals surface area contributed by atoms with Crippen molar-refractivity contribution < 1.29 is 18.7 Å². The molecule has 0 unspecified atom stereocenters. The molecular weight excluding hydrogens is 373 g/mol. The van der Waals surface area contributed by atoms with Crippen LogP contribution in [-0.2, 0) is 18.2 Å². The van der Waals surface area contributed by atoms with Crippen LogP contribution < -0.4 is 4.74 Å². The summed E-state index contributed by atoms with van der Waals surface area (Å²) in [5.74, 6) is 0.196. The Balaban J connectivity index is 1.42. The molecule has 0 aliphatic carbocycles. The second-order valence-electron chi connectivity index (χ2n) is 8.12. The van der Waals surface area contributed by atoms with Crippen molar-refractivity contribution in [2.45, 2.75) is 50.7 Å². The smallest absolute Gasteiger partial charge is 0.272 e. The summed E-state index contributed by atoms with van der Waals surface area (Å²) in [7, 11) is 1.82. The standard InChI is InChI=1S/C22H28FN3O3/c1-3-6-17-12-20(25(2)24-17)21(27)26-10-5-9-22(15-26)13-19(14-28-22)29-18-8-4-7-16(23)11-18/h4,7-8,11-12,19H,3,5-6,9-10,13-15H2,1-2H3/t19-,22-/m1/s1. The van der Waals surface area contributed by atoms with Gasteiger partial charge in [-0.1, -0.05) is 19.4 Å². The molecule has 2 aliphatic heterocycles. The van der Waals surface area contributed by atoms with E-state index in [1.807, 2.05) is 18.0 Å². The zero-order chi connectivity index (χ0) is 20.4. The predicted octanol–water partition coefficient (Wildman–Crippen LogP) is 3.35. The Morgan fingerprint density at radius 1 is 1.41 bits per heavy atom. The zero-order valence-corrected chi connectivity index (χ0v) is 17.1.